The number of aryl methyl sites for hydroxylation is 1. The molecule has 0 spiro atoms. The van der Waals surface area contributed by atoms with E-state index >= 15 is 0 Å². The lowest BCUT2D eigenvalue weighted by molar-refractivity contribution is 0.144. The van der Waals surface area contributed by atoms with Crippen LogP contribution in [-0.2, 0) is 13.0 Å². The fourth-order valence-electron chi connectivity index (χ4n) is 4.85. The fourth-order valence-corrected chi connectivity index (χ4v) is 4.85. The number of nitrogens with one attached hydrogen (secondary N) is 2. The molecule has 0 fully saturated rings. The van der Waals surface area contributed by atoms with Crippen molar-refractivity contribution in [2.45, 2.75) is 38.9 Å². The van der Waals surface area contributed by atoms with E-state index in [1.54, 1.807) is 21.3 Å². The second-order valence-corrected chi connectivity index (χ2v) is 9.17. The second kappa shape index (κ2) is 11.4. The number of methoxy groups -OCH3 is 3. The molecule has 7 heteroatoms. The third-order valence-corrected chi connectivity index (χ3v) is 6.71. The molecule has 0 unspecified atom stereocenters. The van der Waals surface area contributed by atoms with Crippen molar-refractivity contribution in [1.29, 1.82) is 0 Å². The van der Waals surface area contributed by atoms with Gasteiger partial charge in [-0.15, -0.1) is 0 Å². The Balaban J connectivity index is 1.61. The zero-order valence-electron chi connectivity index (χ0n) is 21.6. The predicted octanol–water partition coefficient (Wildman–Crippen LogP) is 5.33. The van der Waals surface area contributed by atoms with Crippen molar-refractivity contribution >= 4 is 11.7 Å². The molecule has 7 nitrogen and oxygen atoms in total. The quantitative estimate of drug-likeness (QED) is 0.448. The molecule has 190 valence electrons. The summed E-state index contributed by atoms with van der Waals surface area (Å²) < 4.78 is 16.5. The summed E-state index contributed by atoms with van der Waals surface area (Å²) in [6.07, 6.45) is 0.880. The SMILES string of the molecule is COc1ccc(CN2CCc3cc(OC)c(OC)cc3[C@@H]2[C@@H](C)NC(=O)Nc2ccc(C)cc2)cc1. The van der Waals surface area contributed by atoms with E-state index in [9.17, 15) is 4.79 Å². The molecule has 1 aliphatic rings. The van der Waals surface area contributed by atoms with E-state index in [0.29, 0.717) is 5.75 Å². The Labute approximate surface area is 213 Å². The topological polar surface area (TPSA) is 72.1 Å². The molecular weight excluding hydrogens is 454 g/mol. The van der Waals surface area contributed by atoms with Crippen molar-refractivity contribution in [3.8, 4) is 17.2 Å². The minimum Gasteiger partial charge on any atom is -0.497 e. The van der Waals surface area contributed by atoms with Crippen LogP contribution >= 0.6 is 0 Å². The third kappa shape index (κ3) is 5.74. The van der Waals surface area contributed by atoms with Gasteiger partial charge in [-0.25, -0.2) is 4.79 Å². The van der Waals surface area contributed by atoms with Crippen molar-refractivity contribution in [2.24, 2.45) is 0 Å². The number of anilines is 1. The van der Waals surface area contributed by atoms with E-state index in [0.717, 1.165) is 47.8 Å². The molecule has 0 saturated heterocycles. The van der Waals surface area contributed by atoms with Gasteiger partial charge in [-0.3, -0.25) is 4.90 Å². The standard InChI is InChI=1S/C29H35N3O4/c1-19-6-10-23(11-7-19)31-29(33)30-20(2)28-25-17-27(36-5)26(35-4)16-22(25)14-15-32(28)18-21-8-12-24(34-3)13-9-21/h6-13,16-17,20,28H,14-15,18H2,1-5H3,(H2,30,31,33)/t20-,28+/m1/s1. The molecule has 3 aromatic rings. The summed E-state index contributed by atoms with van der Waals surface area (Å²) >= 11 is 0. The van der Waals surface area contributed by atoms with Crippen molar-refractivity contribution in [2.75, 3.05) is 33.2 Å². The molecule has 2 N–H and O–H groups in total. The van der Waals surface area contributed by atoms with Gasteiger partial charge in [0.25, 0.3) is 0 Å². The van der Waals surface area contributed by atoms with Gasteiger partial charge >= 0.3 is 6.03 Å². The highest BCUT2D eigenvalue weighted by molar-refractivity contribution is 5.89. The van der Waals surface area contributed by atoms with Gasteiger partial charge in [-0.2, -0.15) is 0 Å². The summed E-state index contributed by atoms with van der Waals surface area (Å²) in [5.41, 5.74) is 5.43. The Morgan fingerprint density at radius 2 is 1.64 bits per heavy atom. The maximum absolute atomic E-state index is 12.9. The van der Waals surface area contributed by atoms with Gasteiger partial charge in [0, 0.05) is 24.8 Å². The summed E-state index contributed by atoms with van der Waals surface area (Å²) in [6, 6.07) is 19.5. The van der Waals surface area contributed by atoms with Gasteiger partial charge in [0.1, 0.15) is 5.75 Å². The number of nitrogens with zero attached hydrogens (tertiary/aromatic N) is 1. The zero-order valence-corrected chi connectivity index (χ0v) is 21.6. The molecule has 1 aliphatic heterocycles. The minimum absolute atomic E-state index is 0.0561. The van der Waals surface area contributed by atoms with Crippen LogP contribution in [0.3, 0.4) is 0 Å². The molecule has 2 amide bonds. The normalized spacial score (nSPS) is 16.0. The van der Waals surface area contributed by atoms with Crippen LogP contribution in [0, 0.1) is 6.92 Å². The first-order valence-electron chi connectivity index (χ1n) is 12.2. The number of amides is 2. The Hall–Kier alpha value is -3.71. The lowest BCUT2D eigenvalue weighted by atomic mass is 9.87. The first-order chi connectivity index (χ1) is 17.4. The molecular formula is C29H35N3O4. The Morgan fingerprint density at radius 1 is 0.972 bits per heavy atom. The van der Waals surface area contributed by atoms with Gasteiger partial charge in [0.15, 0.2) is 11.5 Å². The number of benzene rings is 3. The Kier molecular flexibility index (Phi) is 8.00. The van der Waals surface area contributed by atoms with E-state index in [-0.39, 0.29) is 18.1 Å². The molecule has 3 aromatic carbocycles. The highest BCUT2D eigenvalue weighted by Gasteiger charge is 2.33. The number of fused-ring (bicyclic) bond motifs is 1. The summed E-state index contributed by atoms with van der Waals surface area (Å²) in [7, 11) is 4.97. The zero-order chi connectivity index (χ0) is 25.7. The highest BCUT2D eigenvalue weighted by Crippen LogP contribution is 2.40. The molecule has 0 aromatic heterocycles. The van der Waals surface area contributed by atoms with Crippen LogP contribution in [0.2, 0.25) is 0 Å². The van der Waals surface area contributed by atoms with Gasteiger partial charge in [-0.05, 0) is 73.4 Å². The number of urea groups is 1. The van der Waals surface area contributed by atoms with Crippen LogP contribution in [0.1, 0.15) is 35.2 Å². The van der Waals surface area contributed by atoms with Crippen LogP contribution in [0.15, 0.2) is 60.7 Å². The van der Waals surface area contributed by atoms with E-state index in [1.165, 1.54) is 11.1 Å². The number of carbonyl (C=O) groups excluding carboxylic acids is 1. The van der Waals surface area contributed by atoms with E-state index < -0.39 is 0 Å². The molecule has 1 heterocycles. The summed E-state index contributed by atoms with van der Waals surface area (Å²) in [4.78, 5) is 15.3. The molecule has 0 radical (unpaired) electrons. The van der Waals surface area contributed by atoms with Crippen LogP contribution in [0.25, 0.3) is 0 Å². The average molecular weight is 490 g/mol. The lowest BCUT2D eigenvalue weighted by Crippen LogP contribution is -2.48. The minimum atomic E-state index is -0.233. The average Bonchev–Trinajstić information content (AvgIpc) is 2.89. The van der Waals surface area contributed by atoms with Crippen LogP contribution in [-0.4, -0.2) is 44.8 Å². The Bertz CT molecular complexity index is 1180. The molecule has 2 atom stereocenters. The number of rotatable bonds is 8. The van der Waals surface area contributed by atoms with Gasteiger partial charge in [0.2, 0.25) is 0 Å². The van der Waals surface area contributed by atoms with Crippen molar-refractivity contribution in [3.05, 3.63) is 82.9 Å². The number of hydrogen-bond donors (Lipinski definition) is 2. The third-order valence-electron chi connectivity index (χ3n) is 6.71. The van der Waals surface area contributed by atoms with Crippen molar-refractivity contribution < 1.29 is 19.0 Å². The maximum Gasteiger partial charge on any atom is 0.319 e. The van der Waals surface area contributed by atoms with E-state index in [1.807, 2.05) is 50.2 Å². The van der Waals surface area contributed by atoms with Gasteiger partial charge in [-0.1, -0.05) is 29.8 Å². The van der Waals surface area contributed by atoms with E-state index in [4.69, 9.17) is 14.2 Å². The fraction of sp³-hybridized carbons (Fsp3) is 0.345. The molecule has 0 saturated carbocycles. The number of carbonyl (C=O) groups is 1. The second-order valence-electron chi connectivity index (χ2n) is 9.17. The largest absolute Gasteiger partial charge is 0.497 e. The summed E-state index contributed by atoms with van der Waals surface area (Å²) in [5.74, 6) is 2.24. The maximum atomic E-state index is 12.9. The van der Waals surface area contributed by atoms with Crippen molar-refractivity contribution in [3.63, 3.8) is 0 Å². The van der Waals surface area contributed by atoms with E-state index in [2.05, 4.69) is 39.8 Å². The van der Waals surface area contributed by atoms with Gasteiger partial charge < -0.3 is 24.8 Å². The molecule has 4 rings (SSSR count). The summed E-state index contributed by atoms with van der Waals surface area (Å²) in [5, 5.41) is 6.12. The number of hydrogen-bond acceptors (Lipinski definition) is 5. The van der Waals surface area contributed by atoms with Crippen LogP contribution in [0.5, 0.6) is 17.2 Å². The smallest absolute Gasteiger partial charge is 0.319 e. The van der Waals surface area contributed by atoms with Gasteiger partial charge in [0.05, 0.1) is 27.4 Å². The first kappa shape index (κ1) is 25.4. The van der Waals surface area contributed by atoms with Crippen molar-refractivity contribution in [1.82, 2.24) is 10.2 Å². The Morgan fingerprint density at radius 3 is 2.28 bits per heavy atom. The van der Waals surface area contributed by atoms with Crippen LogP contribution < -0.4 is 24.8 Å². The lowest BCUT2D eigenvalue weighted by Gasteiger charge is -2.41. The monoisotopic (exact) mass is 489 g/mol. The summed E-state index contributed by atoms with van der Waals surface area (Å²) in [6.45, 7) is 5.66. The number of ether oxygens (including phenoxy) is 3. The molecule has 36 heavy (non-hydrogen) atoms. The highest BCUT2D eigenvalue weighted by atomic mass is 16.5. The first-order valence-corrected chi connectivity index (χ1v) is 12.2. The molecule has 0 bridgehead atoms. The predicted molar refractivity (Wildman–Crippen MR) is 142 cm³/mol. The van der Waals surface area contributed by atoms with Crippen LogP contribution in [0.4, 0.5) is 10.5 Å². The molecule has 0 aliphatic carbocycles.